The smallest absolute Gasteiger partial charge is 0.231 e. The molecule has 0 saturated heterocycles. The molecule has 0 aliphatic carbocycles. The standard InChI is InChI=1S/C12H13N5OS/c18-10(4-3-9-2-1-5-13-8-9)14-11-15-16-12-17(11)6-7-19-12/h1-2,5,8H,3-4,6-7H2,(H,14,15,18). The second-order valence-electron chi connectivity index (χ2n) is 4.22. The van der Waals surface area contributed by atoms with Crippen molar-refractivity contribution >= 4 is 23.6 Å². The molecule has 2 aromatic heterocycles. The van der Waals surface area contributed by atoms with Gasteiger partial charge in [-0.2, -0.15) is 0 Å². The summed E-state index contributed by atoms with van der Waals surface area (Å²) in [6.45, 7) is 0.852. The number of thioether (sulfide) groups is 1. The first-order valence-corrected chi connectivity index (χ1v) is 7.06. The Hall–Kier alpha value is -1.89. The molecular weight excluding hydrogens is 262 g/mol. The van der Waals surface area contributed by atoms with Crippen LogP contribution < -0.4 is 5.32 Å². The van der Waals surface area contributed by atoms with Crippen molar-refractivity contribution in [3.63, 3.8) is 0 Å². The lowest BCUT2D eigenvalue weighted by molar-refractivity contribution is -0.116. The predicted molar refractivity (Wildman–Crippen MR) is 71.9 cm³/mol. The zero-order valence-corrected chi connectivity index (χ0v) is 11.1. The molecule has 0 fully saturated rings. The number of carbonyl (C=O) groups excluding carboxylic acids is 1. The third-order valence-corrected chi connectivity index (χ3v) is 3.82. The molecule has 2 aromatic rings. The average molecular weight is 275 g/mol. The summed E-state index contributed by atoms with van der Waals surface area (Å²) in [5, 5.41) is 11.7. The van der Waals surface area contributed by atoms with Gasteiger partial charge in [0.05, 0.1) is 0 Å². The van der Waals surface area contributed by atoms with Crippen LogP contribution in [0.1, 0.15) is 12.0 Å². The lowest BCUT2D eigenvalue weighted by Gasteiger charge is -2.04. The number of fused-ring (bicyclic) bond motifs is 1. The number of amides is 1. The number of nitrogens with one attached hydrogen (secondary N) is 1. The highest BCUT2D eigenvalue weighted by atomic mass is 32.2. The molecule has 1 amide bonds. The first-order chi connectivity index (χ1) is 9.33. The van der Waals surface area contributed by atoms with Crippen LogP contribution in [0.5, 0.6) is 0 Å². The zero-order chi connectivity index (χ0) is 13.1. The first-order valence-electron chi connectivity index (χ1n) is 6.08. The van der Waals surface area contributed by atoms with Crippen LogP contribution in [0.15, 0.2) is 29.7 Å². The first kappa shape index (κ1) is 12.2. The SMILES string of the molecule is O=C(CCc1cccnc1)Nc1nnc2n1CCS2. The van der Waals surface area contributed by atoms with Gasteiger partial charge in [-0.1, -0.05) is 17.8 Å². The van der Waals surface area contributed by atoms with Crippen LogP contribution in [0, 0.1) is 0 Å². The van der Waals surface area contributed by atoms with Crippen LogP contribution in [-0.4, -0.2) is 31.4 Å². The molecule has 0 bridgehead atoms. The number of hydrogen-bond acceptors (Lipinski definition) is 5. The fraction of sp³-hybridized carbons (Fsp3) is 0.333. The second-order valence-corrected chi connectivity index (χ2v) is 5.28. The van der Waals surface area contributed by atoms with Crippen molar-refractivity contribution in [1.82, 2.24) is 19.7 Å². The van der Waals surface area contributed by atoms with Gasteiger partial charge in [-0.3, -0.25) is 19.7 Å². The van der Waals surface area contributed by atoms with E-state index in [2.05, 4.69) is 20.5 Å². The highest BCUT2D eigenvalue weighted by Gasteiger charge is 2.19. The Balaban J connectivity index is 1.57. The van der Waals surface area contributed by atoms with E-state index in [4.69, 9.17) is 0 Å². The van der Waals surface area contributed by atoms with Gasteiger partial charge < -0.3 is 0 Å². The van der Waals surface area contributed by atoms with Gasteiger partial charge in [-0.15, -0.1) is 10.2 Å². The molecule has 1 N–H and O–H groups in total. The maximum Gasteiger partial charge on any atom is 0.231 e. The number of rotatable bonds is 4. The van der Waals surface area contributed by atoms with Crippen molar-refractivity contribution in [2.45, 2.75) is 24.5 Å². The van der Waals surface area contributed by atoms with E-state index in [0.717, 1.165) is 23.0 Å². The summed E-state index contributed by atoms with van der Waals surface area (Å²) in [5.74, 6) is 1.50. The maximum absolute atomic E-state index is 11.9. The van der Waals surface area contributed by atoms with Gasteiger partial charge in [-0.25, -0.2) is 0 Å². The molecule has 6 nitrogen and oxygen atoms in total. The molecule has 0 saturated carbocycles. The lowest BCUT2D eigenvalue weighted by atomic mass is 10.1. The summed E-state index contributed by atoms with van der Waals surface area (Å²) in [6, 6.07) is 3.83. The van der Waals surface area contributed by atoms with E-state index in [1.54, 1.807) is 24.2 Å². The van der Waals surface area contributed by atoms with Crippen LogP contribution in [-0.2, 0) is 17.8 Å². The number of nitrogens with zero attached hydrogens (tertiary/aromatic N) is 4. The van der Waals surface area contributed by atoms with Crippen molar-refractivity contribution in [2.75, 3.05) is 11.1 Å². The van der Waals surface area contributed by atoms with Crippen molar-refractivity contribution in [3.8, 4) is 0 Å². The molecular formula is C12H13N5OS. The highest BCUT2D eigenvalue weighted by molar-refractivity contribution is 7.99. The summed E-state index contributed by atoms with van der Waals surface area (Å²) >= 11 is 1.66. The summed E-state index contributed by atoms with van der Waals surface area (Å²) in [5.41, 5.74) is 1.06. The Labute approximate surface area is 114 Å². The molecule has 7 heteroatoms. The Morgan fingerprint density at radius 3 is 3.26 bits per heavy atom. The Morgan fingerprint density at radius 2 is 2.42 bits per heavy atom. The van der Waals surface area contributed by atoms with Crippen LogP contribution in [0.4, 0.5) is 5.95 Å². The summed E-state index contributed by atoms with van der Waals surface area (Å²) in [4.78, 5) is 15.9. The third kappa shape index (κ3) is 2.76. The summed E-state index contributed by atoms with van der Waals surface area (Å²) in [6.07, 6.45) is 4.59. The highest BCUT2D eigenvalue weighted by Crippen LogP contribution is 2.26. The number of carbonyl (C=O) groups is 1. The molecule has 0 aromatic carbocycles. The van der Waals surface area contributed by atoms with Crippen molar-refractivity contribution < 1.29 is 4.79 Å². The Bertz CT molecular complexity index is 583. The maximum atomic E-state index is 11.9. The van der Waals surface area contributed by atoms with Gasteiger partial charge in [0.25, 0.3) is 0 Å². The Kier molecular flexibility index (Phi) is 3.45. The molecule has 3 heterocycles. The molecule has 0 radical (unpaired) electrons. The molecule has 98 valence electrons. The molecule has 0 spiro atoms. The Morgan fingerprint density at radius 1 is 1.47 bits per heavy atom. The van der Waals surface area contributed by atoms with Crippen LogP contribution in [0.2, 0.25) is 0 Å². The predicted octanol–water partition coefficient (Wildman–Crippen LogP) is 1.35. The van der Waals surface area contributed by atoms with Crippen LogP contribution >= 0.6 is 11.8 Å². The van der Waals surface area contributed by atoms with Gasteiger partial charge in [0, 0.05) is 31.1 Å². The minimum Gasteiger partial charge on any atom is -0.295 e. The number of aryl methyl sites for hydroxylation is 1. The van der Waals surface area contributed by atoms with Crippen molar-refractivity contribution in [3.05, 3.63) is 30.1 Å². The van der Waals surface area contributed by atoms with Gasteiger partial charge in [0.2, 0.25) is 11.9 Å². The van der Waals surface area contributed by atoms with Crippen molar-refractivity contribution in [1.29, 1.82) is 0 Å². The molecule has 0 atom stereocenters. The molecule has 3 rings (SSSR count). The number of hydrogen-bond donors (Lipinski definition) is 1. The second kappa shape index (κ2) is 5.40. The lowest BCUT2D eigenvalue weighted by Crippen LogP contribution is -2.16. The molecule has 1 aliphatic rings. The monoisotopic (exact) mass is 275 g/mol. The fourth-order valence-electron chi connectivity index (χ4n) is 1.91. The average Bonchev–Trinajstić information content (AvgIpc) is 3.03. The van der Waals surface area contributed by atoms with Crippen molar-refractivity contribution in [2.24, 2.45) is 0 Å². The van der Waals surface area contributed by atoms with E-state index in [9.17, 15) is 4.79 Å². The zero-order valence-electron chi connectivity index (χ0n) is 10.2. The molecule has 19 heavy (non-hydrogen) atoms. The van der Waals surface area contributed by atoms with Gasteiger partial charge in [-0.05, 0) is 18.1 Å². The van der Waals surface area contributed by atoms with Crippen LogP contribution in [0.3, 0.4) is 0 Å². The van der Waals surface area contributed by atoms with Gasteiger partial charge >= 0.3 is 0 Å². The van der Waals surface area contributed by atoms with Gasteiger partial charge in [0.1, 0.15) is 0 Å². The minimum atomic E-state index is -0.0454. The summed E-state index contributed by atoms with van der Waals surface area (Å²) in [7, 11) is 0. The number of aromatic nitrogens is 4. The van der Waals surface area contributed by atoms with Gasteiger partial charge in [0.15, 0.2) is 5.16 Å². The largest absolute Gasteiger partial charge is 0.295 e. The third-order valence-electron chi connectivity index (χ3n) is 2.88. The quantitative estimate of drug-likeness (QED) is 0.912. The van der Waals surface area contributed by atoms with E-state index in [1.807, 2.05) is 16.7 Å². The minimum absolute atomic E-state index is 0.0454. The number of pyridine rings is 1. The molecule has 0 unspecified atom stereocenters. The van der Waals surface area contributed by atoms with E-state index in [1.165, 1.54) is 0 Å². The van der Waals surface area contributed by atoms with E-state index >= 15 is 0 Å². The fourth-order valence-corrected chi connectivity index (χ4v) is 2.80. The van der Waals surface area contributed by atoms with Crippen LogP contribution in [0.25, 0.3) is 0 Å². The normalized spacial score (nSPS) is 13.3. The van der Waals surface area contributed by atoms with E-state index in [-0.39, 0.29) is 5.91 Å². The number of anilines is 1. The van der Waals surface area contributed by atoms with E-state index < -0.39 is 0 Å². The molecule has 1 aliphatic heterocycles. The summed E-state index contributed by atoms with van der Waals surface area (Å²) < 4.78 is 1.94. The van der Waals surface area contributed by atoms with E-state index in [0.29, 0.717) is 18.8 Å². The topological polar surface area (TPSA) is 72.7 Å².